The smallest absolute Gasteiger partial charge is 0.180 e. The number of thiazole rings is 1. The van der Waals surface area contributed by atoms with Crippen LogP contribution in [0.3, 0.4) is 0 Å². The van der Waals surface area contributed by atoms with Gasteiger partial charge in [0.15, 0.2) is 5.13 Å². The van der Waals surface area contributed by atoms with Crippen molar-refractivity contribution in [1.29, 1.82) is 0 Å². The summed E-state index contributed by atoms with van der Waals surface area (Å²) >= 11 is 1.53. The number of hydrogen-bond donors (Lipinski definition) is 1. The van der Waals surface area contributed by atoms with Gasteiger partial charge in [-0.05, 0) is 20.9 Å². The fourth-order valence-corrected chi connectivity index (χ4v) is 3.00. The first kappa shape index (κ1) is 12.8. The number of nitrogens with two attached hydrogens (primary N) is 1. The number of anilines is 1. The van der Waals surface area contributed by atoms with Crippen molar-refractivity contribution in [2.75, 3.05) is 32.4 Å². The number of nitrogens with zero attached hydrogens (tertiary/aromatic N) is 3. The van der Waals surface area contributed by atoms with E-state index in [0.29, 0.717) is 17.2 Å². The molecule has 1 fully saturated rings. The van der Waals surface area contributed by atoms with E-state index in [1.807, 2.05) is 0 Å². The molecule has 1 aliphatic heterocycles. The Balaban J connectivity index is 1.84. The number of likely N-dealkylation sites (N-methyl/N-ethyl adjacent to an activating group) is 1. The van der Waals surface area contributed by atoms with Crippen molar-refractivity contribution in [3.05, 3.63) is 11.1 Å². The van der Waals surface area contributed by atoms with Crippen molar-refractivity contribution < 1.29 is 0 Å². The van der Waals surface area contributed by atoms with Crippen LogP contribution in [0.25, 0.3) is 0 Å². The number of rotatable bonds is 3. The zero-order valence-electron chi connectivity index (χ0n) is 10.9. The number of nitrogen functional groups attached to an aromatic ring is 1. The molecule has 0 bridgehead atoms. The summed E-state index contributed by atoms with van der Waals surface area (Å²) in [6.45, 7) is 7.99. The third-order valence-corrected chi connectivity index (χ3v) is 4.41. The highest BCUT2D eigenvalue weighted by Gasteiger charge is 2.25. The maximum Gasteiger partial charge on any atom is 0.180 e. The SMILES string of the molecule is CC1CN(CCc2csc(N)n2)CC(C)N1C. The molecule has 96 valence electrons. The van der Waals surface area contributed by atoms with Crippen LogP contribution < -0.4 is 5.73 Å². The van der Waals surface area contributed by atoms with Crippen molar-refractivity contribution in [1.82, 2.24) is 14.8 Å². The molecule has 2 rings (SSSR count). The monoisotopic (exact) mass is 254 g/mol. The van der Waals surface area contributed by atoms with Gasteiger partial charge in [-0.2, -0.15) is 0 Å². The van der Waals surface area contributed by atoms with Gasteiger partial charge in [-0.15, -0.1) is 11.3 Å². The average Bonchev–Trinajstić information content (AvgIpc) is 2.69. The van der Waals surface area contributed by atoms with E-state index in [4.69, 9.17) is 5.73 Å². The lowest BCUT2D eigenvalue weighted by molar-refractivity contribution is 0.0607. The van der Waals surface area contributed by atoms with Crippen LogP contribution in [0.15, 0.2) is 5.38 Å². The number of hydrogen-bond acceptors (Lipinski definition) is 5. The topological polar surface area (TPSA) is 45.4 Å². The molecular formula is C12H22N4S. The van der Waals surface area contributed by atoms with E-state index in [1.165, 1.54) is 11.3 Å². The van der Waals surface area contributed by atoms with E-state index in [0.717, 1.165) is 31.7 Å². The molecule has 0 aromatic carbocycles. The van der Waals surface area contributed by atoms with E-state index in [2.05, 4.69) is 41.1 Å². The minimum atomic E-state index is 0.638. The summed E-state index contributed by atoms with van der Waals surface area (Å²) in [5.41, 5.74) is 6.77. The average molecular weight is 254 g/mol. The minimum Gasteiger partial charge on any atom is -0.375 e. The fourth-order valence-electron chi connectivity index (χ4n) is 2.41. The van der Waals surface area contributed by atoms with Gasteiger partial charge in [-0.1, -0.05) is 0 Å². The molecule has 1 saturated heterocycles. The van der Waals surface area contributed by atoms with Gasteiger partial charge in [-0.3, -0.25) is 9.80 Å². The van der Waals surface area contributed by atoms with Crippen LogP contribution in [0, 0.1) is 0 Å². The lowest BCUT2D eigenvalue weighted by Crippen LogP contribution is -2.55. The van der Waals surface area contributed by atoms with E-state index < -0.39 is 0 Å². The van der Waals surface area contributed by atoms with Crippen LogP contribution >= 0.6 is 11.3 Å². The van der Waals surface area contributed by atoms with Crippen molar-refractivity contribution in [3.8, 4) is 0 Å². The second kappa shape index (κ2) is 5.33. The van der Waals surface area contributed by atoms with Gasteiger partial charge in [0.1, 0.15) is 0 Å². The summed E-state index contributed by atoms with van der Waals surface area (Å²) in [5.74, 6) is 0. The summed E-state index contributed by atoms with van der Waals surface area (Å²) in [7, 11) is 2.22. The number of aromatic nitrogens is 1. The molecule has 4 nitrogen and oxygen atoms in total. The summed E-state index contributed by atoms with van der Waals surface area (Å²) < 4.78 is 0. The fraction of sp³-hybridized carbons (Fsp3) is 0.750. The zero-order chi connectivity index (χ0) is 12.4. The predicted molar refractivity (Wildman–Crippen MR) is 73.4 cm³/mol. The third kappa shape index (κ3) is 3.18. The van der Waals surface area contributed by atoms with Crippen molar-refractivity contribution >= 4 is 16.5 Å². The molecule has 0 aliphatic carbocycles. The Morgan fingerprint density at radius 1 is 1.41 bits per heavy atom. The Labute approximate surface area is 107 Å². The molecule has 0 amide bonds. The van der Waals surface area contributed by atoms with Crippen molar-refractivity contribution in [2.45, 2.75) is 32.4 Å². The summed E-state index contributed by atoms with van der Waals surface area (Å²) in [5, 5.41) is 2.75. The first-order valence-corrected chi connectivity index (χ1v) is 7.08. The lowest BCUT2D eigenvalue weighted by Gasteiger charge is -2.42. The Morgan fingerprint density at radius 2 is 2.06 bits per heavy atom. The highest BCUT2D eigenvalue weighted by Crippen LogP contribution is 2.15. The number of piperazine rings is 1. The van der Waals surface area contributed by atoms with E-state index in [1.54, 1.807) is 0 Å². The van der Waals surface area contributed by atoms with Crippen LogP contribution in [-0.2, 0) is 6.42 Å². The van der Waals surface area contributed by atoms with Gasteiger partial charge in [0.25, 0.3) is 0 Å². The Hall–Kier alpha value is -0.650. The van der Waals surface area contributed by atoms with Gasteiger partial charge in [0, 0.05) is 43.5 Å². The molecule has 2 N–H and O–H groups in total. The zero-order valence-corrected chi connectivity index (χ0v) is 11.7. The Bertz CT molecular complexity index is 353. The molecule has 1 aromatic heterocycles. The van der Waals surface area contributed by atoms with Crippen LogP contribution in [-0.4, -0.2) is 53.5 Å². The van der Waals surface area contributed by atoms with E-state index in [-0.39, 0.29) is 0 Å². The lowest BCUT2D eigenvalue weighted by atomic mass is 10.1. The molecule has 0 radical (unpaired) electrons. The normalized spacial score (nSPS) is 27.5. The van der Waals surface area contributed by atoms with Crippen LogP contribution in [0.1, 0.15) is 19.5 Å². The van der Waals surface area contributed by atoms with Crippen LogP contribution in [0.5, 0.6) is 0 Å². The molecule has 1 aromatic rings. The van der Waals surface area contributed by atoms with Gasteiger partial charge in [0.2, 0.25) is 0 Å². The second-order valence-corrected chi connectivity index (χ2v) is 5.94. The Kier molecular flexibility index (Phi) is 4.01. The maximum absolute atomic E-state index is 5.64. The van der Waals surface area contributed by atoms with Gasteiger partial charge < -0.3 is 5.73 Å². The second-order valence-electron chi connectivity index (χ2n) is 5.05. The van der Waals surface area contributed by atoms with Crippen molar-refractivity contribution in [3.63, 3.8) is 0 Å². The quantitative estimate of drug-likeness (QED) is 0.883. The molecule has 17 heavy (non-hydrogen) atoms. The molecule has 2 atom stereocenters. The molecule has 2 unspecified atom stereocenters. The molecule has 0 spiro atoms. The first-order chi connectivity index (χ1) is 8.06. The first-order valence-electron chi connectivity index (χ1n) is 6.20. The predicted octanol–water partition coefficient (Wildman–Crippen LogP) is 1.29. The van der Waals surface area contributed by atoms with Gasteiger partial charge in [-0.25, -0.2) is 4.98 Å². The summed E-state index contributed by atoms with van der Waals surface area (Å²) in [6.07, 6.45) is 1.01. The third-order valence-electron chi connectivity index (χ3n) is 3.69. The summed E-state index contributed by atoms with van der Waals surface area (Å²) in [6, 6.07) is 1.28. The molecule has 5 heteroatoms. The molecule has 2 heterocycles. The summed E-state index contributed by atoms with van der Waals surface area (Å²) in [4.78, 5) is 9.30. The maximum atomic E-state index is 5.64. The standard InChI is InChI=1S/C12H22N4S/c1-9-6-16(7-10(2)15(9)3)5-4-11-8-17-12(13)14-11/h8-10H,4-7H2,1-3H3,(H2,13,14). The highest BCUT2D eigenvalue weighted by atomic mass is 32.1. The van der Waals surface area contributed by atoms with E-state index >= 15 is 0 Å². The van der Waals surface area contributed by atoms with Crippen molar-refractivity contribution in [2.24, 2.45) is 0 Å². The van der Waals surface area contributed by atoms with E-state index in [9.17, 15) is 0 Å². The van der Waals surface area contributed by atoms with Gasteiger partial charge in [0.05, 0.1) is 5.69 Å². The van der Waals surface area contributed by atoms with Crippen LogP contribution in [0.2, 0.25) is 0 Å². The largest absolute Gasteiger partial charge is 0.375 e. The van der Waals surface area contributed by atoms with Gasteiger partial charge >= 0.3 is 0 Å². The molecule has 0 saturated carbocycles. The molecular weight excluding hydrogens is 232 g/mol. The molecule has 1 aliphatic rings. The minimum absolute atomic E-state index is 0.638. The Morgan fingerprint density at radius 3 is 2.59 bits per heavy atom. The van der Waals surface area contributed by atoms with Crippen LogP contribution in [0.4, 0.5) is 5.13 Å². The highest BCUT2D eigenvalue weighted by molar-refractivity contribution is 7.13.